The summed E-state index contributed by atoms with van der Waals surface area (Å²) >= 11 is 5.92. The van der Waals surface area contributed by atoms with Crippen LogP contribution in [0.3, 0.4) is 0 Å². The van der Waals surface area contributed by atoms with Gasteiger partial charge in [0.2, 0.25) is 17.9 Å². The van der Waals surface area contributed by atoms with Gasteiger partial charge < -0.3 is 21.3 Å². The number of hydrogen-bond donors (Lipinski definition) is 3. The summed E-state index contributed by atoms with van der Waals surface area (Å²) < 4.78 is 62.9. The number of nitrogens with two attached hydrogens (primary N) is 2. The Morgan fingerprint density at radius 1 is 1.18 bits per heavy atom. The number of benzene rings is 2. The average molecular weight is 565 g/mol. The number of alkyl halides is 3. The Labute approximate surface area is 226 Å². The molecule has 3 atom stereocenters. The van der Waals surface area contributed by atoms with E-state index in [2.05, 4.69) is 9.97 Å². The van der Waals surface area contributed by atoms with E-state index in [1.807, 2.05) is 6.08 Å². The maximum absolute atomic E-state index is 14.4. The maximum atomic E-state index is 14.4. The maximum Gasteiger partial charge on any atom is 0.429 e. The van der Waals surface area contributed by atoms with Gasteiger partial charge in [-0.3, -0.25) is 4.79 Å². The molecule has 3 unspecified atom stereocenters. The van der Waals surface area contributed by atoms with Crippen molar-refractivity contribution in [3.8, 4) is 17.0 Å². The van der Waals surface area contributed by atoms with Crippen molar-refractivity contribution in [1.29, 1.82) is 0 Å². The Morgan fingerprint density at radius 2 is 1.90 bits per heavy atom. The van der Waals surface area contributed by atoms with Gasteiger partial charge in [-0.15, -0.1) is 0 Å². The smallest absolute Gasteiger partial charge is 0.429 e. The highest BCUT2D eigenvalue weighted by Crippen LogP contribution is 2.43. The SMILES string of the molecule is Nc1nc(OC(c2cc(F)c(Cl)cc2-c2ccccc2)C(F)(F)F)cc(C2=CCC(CC(N)C(=O)O)CC2)n1. The molecule has 0 saturated heterocycles. The number of allylic oxidation sites excluding steroid dienone is 2. The van der Waals surface area contributed by atoms with E-state index in [9.17, 15) is 22.4 Å². The lowest BCUT2D eigenvalue weighted by Gasteiger charge is -2.25. The number of ether oxygens (including phenoxy) is 1. The van der Waals surface area contributed by atoms with E-state index < -0.39 is 41.6 Å². The van der Waals surface area contributed by atoms with Crippen molar-refractivity contribution in [2.45, 2.75) is 44.0 Å². The second-order valence-corrected chi connectivity index (χ2v) is 9.67. The van der Waals surface area contributed by atoms with Crippen LogP contribution in [0.25, 0.3) is 16.7 Å². The molecule has 206 valence electrons. The van der Waals surface area contributed by atoms with Gasteiger partial charge in [0, 0.05) is 11.6 Å². The summed E-state index contributed by atoms with van der Waals surface area (Å²) in [4.78, 5) is 19.0. The molecule has 2 aromatic carbocycles. The summed E-state index contributed by atoms with van der Waals surface area (Å²) in [5.41, 5.74) is 12.4. The second-order valence-electron chi connectivity index (χ2n) is 9.26. The molecular formula is C27H25ClF4N4O3. The number of carbonyl (C=O) groups is 1. The first-order chi connectivity index (χ1) is 18.4. The fraction of sp³-hybridized carbons (Fsp3) is 0.296. The van der Waals surface area contributed by atoms with Gasteiger partial charge >= 0.3 is 12.1 Å². The van der Waals surface area contributed by atoms with E-state index in [0.29, 0.717) is 42.9 Å². The van der Waals surface area contributed by atoms with Gasteiger partial charge in [0.25, 0.3) is 0 Å². The summed E-state index contributed by atoms with van der Waals surface area (Å²) in [6.45, 7) is 0. The lowest BCUT2D eigenvalue weighted by Crippen LogP contribution is -2.32. The molecule has 1 aromatic heterocycles. The number of carboxylic acids is 1. The van der Waals surface area contributed by atoms with Gasteiger partial charge in [-0.25, -0.2) is 9.37 Å². The number of aromatic nitrogens is 2. The highest BCUT2D eigenvalue weighted by molar-refractivity contribution is 6.31. The van der Waals surface area contributed by atoms with Crippen molar-refractivity contribution in [1.82, 2.24) is 9.97 Å². The predicted molar refractivity (Wildman–Crippen MR) is 138 cm³/mol. The van der Waals surface area contributed by atoms with E-state index in [4.69, 9.17) is 32.9 Å². The molecule has 1 aliphatic carbocycles. The predicted octanol–water partition coefficient (Wildman–Crippen LogP) is 6.19. The van der Waals surface area contributed by atoms with E-state index in [1.54, 1.807) is 30.3 Å². The molecule has 39 heavy (non-hydrogen) atoms. The van der Waals surface area contributed by atoms with Crippen molar-refractivity contribution in [3.63, 3.8) is 0 Å². The van der Waals surface area contributed by atoms with Gasteiger partial charge in [0.15, 0.2) is 0 Å². The summed E-state index contributed by atoms with van der Waals surface area (Å²) in [5, 5.41) is 8.70. The van der Waals surface area contributed by atoms with Crippen molar-refractivity contribution >= 4 is 29.1 Å². The quantitative estimate of drug-likeness (QED) is 0.279. The molecule has 0 radical (unpaired) electrons. The Bertz CT molecular complexity index is 1390. The third kappa shape index (κ3) is 6.85. The number of rotatable bonds is 8. The van der Waals surface area contributed by atoms with E-state index in [1.165, 1.54) is 6.07 Å². The Morgan fingerprint density at radius 3 is 2.51 bits per heavy atom. The largest absolute Gasteiger partial charge is 0.480 e. The van der Waals surface area contributed by atoms with Crippen LogP contribution >= 0.6 is 11.6 Å². The normalized spacial score (nSPS) is 17.3. The summed E-state index contributed by atoms with van der Waals surface area (Å²) in [7, 11) is 0. The fourth-order valence-electron chi connectivity index (χ4n) is 4.54. The zero-order chi connectivity index (χ0) is 28.3. The zero-order valence-corrected chi connectivity index (χ0v) is 21.2. The molecule has 0 bridgehead atoms. The molecule has 12 heteroatoms. The first kappa shape index (κ1) is 28.3. The molecule has 7 nitrogen and oxygen atoms in total. The first-order valence-electron chi connectivity index (χ1n) is 12.0. The number of halogens is 5. The van der Waals surface area contributed by atoms with Gasteiger partial charge in [-0.1, -0.05) is 48.0 Å². The number of aliphatic carboxylic acids is 1. The number of nitrogens with zero attached hydrogens (tertiary/aromatic N) is 2. The van der Waals surface area contributed by atoms with Crippen LogP contribution < -0.4 is 16.2 Å². The zero-order valence-electron chi connectivity index (χ0n) is 20.5. The Hall–Kier alpha value is -3.70. The highest BCUT2D eigenvalue weighted by Gasteiger charge is 2.45. The second kappa shape index (κ2) is 11.6. The Balaban J connectivity index is 1.66. The third-order valence-corrected chi connectivity index (χ3v) is 6.76. The monoisotopic (exact) mass is 564 g/mol. The van der Waals surface area contributed by atoms with E-state index in [-0.39, 0.29) is 28.1 Å². The molecule has 4 rings (SSSR count). The number of nitrogen functional groups attached to an aromatic ring is 1. The van der Waals surface area contributed by atoms with Crippen molar-refractivity contribution in [2.75, 3.05) is 5.73 Å². The van der Waals surface area contributed by atoms with E-state index >= 15 is 0 Å². The van der Waals surface area contributed by atoms with Crippen LogP contribution in [0.4, 0.5) is 23.5 Å². The lowest BCUT2D eigenvalue weighted by molar-refractivity contribution is -0.198. The number of hydrogen-bond acceptors (Lipinski definition) is 6. The minimum atomic E-state index is -4.95. The summed E-state index contributed by atoms with van der Waals surface area (Å²) in [6.07, 6.45) is -3.80. The van der Waals surface area contributed by atoms with Crippen molar-refractivity contribution < 1.29 is 32.2 Å². The minimum Gasteiger partial charge on any atom is -0.480 e. The number of carboxylic acid groups (broad SMARTS) is 1. The molecule has 0 fully saturated rings. The Kier molecular flexibility index (Phi) is 8.41. The van der Waals surface area contributed by atoms with Gasteiger partial charge in [0.1, 0.15) is 11.9 Å². The average Bonchev–Trinajstić information content (AvgIpc) is 2.88. The van der Waals surface area contributed by atoms with Crippen molar-refractivity contribution in [3.05, 3.63) is 76.7 Å². The van der Waals surface area contributed by atoms with Crippen molar-refractivity contribution in [2.24, 2.45) is 11.7 Å². The molecule has 1 heterocycles. The summed E-state index contributed by atoms with van der Waals surface area (Å²) in [5.74, 6) is -2.81. The highest BCUT2D eigenvalue weighted by atomic mass is 35.5. The van der Waals surface area contributed by atoms with Gasteiger partial charge in [0.05, 0.1) is 10.7 Å². The van der Waals surface area contributed by atoms with Crippen LogP contribution in [0.15, 0.2) is 54.6 Å². The van der Waals surface area contributed by atoms with Crippen LogP contribution in [-0.4, -0.2) is 33.3 Å². The molecule has 5 N–H and O–H groups in total. The minimum absolute atomic E-state index is 0.0422. The van der Waals surface area contributed by atoms with Gasteiger partial charge in [-0.2, -0.15) is 18.2 Å². The third-order valence-electron chi connectivity index (χ3n) is 6.47. The van der Waals surface area contributed by atoms with Crippen LogP contribution in [0.5, 0.6) is 5.88 Å². The van der Waals surface area contributed by atoms with Crippen LogP contribution in [-0.2, 0) is 4.79 Å². The molecule has 3 aromatic rings. The van der Waals surface area contributed by atoms with E-state index in [0.717, 1.165) is 6.07 Å². The molecule has 0 spiro atoms. The molecule has 0 saturated carbocycles. The topological polar surface area (TPSA) is 124 Å². The van der Waals surface area contributed by atoms with Gasteiger partial charge in [-0.05, 0) is 60.4 Å². The van der Waals surface area contributed by atoms with Crippen LogP contribution in [0.2, 0.25) is 5.02 Å². The lowest BCUT2D eigenvalue weighted by atomic mass is 9.84. The standard InChI is InChI=1S/C27H25ClF4N4O3/c28-19-11-17(15-4-2-1-3-5-15)18(12-20(19)29)24(27(30,31)32)39-23-13-22(35-26(34)36-23)16-8-6-14(7-9-16)10-21(33)25(37)38/h1-5,8,11-14,21,24H,6-7,9-10,33H2,(H,37,38)(H2,34,35,36). The molecule has 1 aliphatic rings. The summed E-state index contributed by atoms with van der Waals surface area (Å²) in [6, 6.07) is 10.2. The fourth-order valence-corrected chi connectivity index (χ4v) is 4.70. The first-order valence-corrected chi connectivity index (χ1v) is 12.4. The van der Waals surface area contributed by atoms with Crippen LogP contribution in [0.1, 0.15) is 43.0 Å². The van der Waals surface area contributed by atoms with Crippen LogP contribution in [0, 0.1) is 11.7 Å². The molecule has 0 amide bonds. The number of anilines is 1. The molecular weight excluding hydrogens is 540 g/mol. The molecule has 0 aliphatic heterocycles.